The van der Waals surface area contributed by atoms with Gasteiger partial charge in [-0.25, -0.2) is 0 Å². The zero-order chi connectivity index (χ0) is 9.12. The predicted octanol–water partition coefficient (Wildman–Crippen LogP) is 1.04. The summed E-state index contributed by atoms with van der Waals surface area (Å²) < 4.78 is 57.7. The van der Waals surface area contributed by atoms with E-state index in [2.05, 4.69) is 10.8 Å². The van der Waals surface area contributed by atoms with Crippen molar-refractivity contribution < 1.29 is 46.2 Å². The normalized spacial score (nSPS) is 11.9. The van der Waals surface area contributed by atoms with Gasteiger partial charge in [-0.1, -0.05) is 6.08 Å². The smallest absolute Gasteiger partial charge is 0.259 e. The molecule has 0 aromatic carbocycles. The Kier molecular flexibility index (Phi) is 6.05. The molecule has 0 rings (SSSR count). The maximum Gasteiger partial charge on any atom is 2.00 e. The molecule has 0 N–H and O–H groups in total. The van der Waals surface area contributed by atoms with Gasteiger partial charge in [0.05, 0.1) is 6.61 Å². The Morgan fingerprint density at radius 1 is 1.42 bits per heavy atom. The van der Waals surface area contributed by atoms with Crippen molar-refractivity contribution >= 4 is 10.1 Å². The van der Waals surface area contributed by atoms with Gasteiger partial charge >= 0.3 is 36.0 Å². The summed E-state index contributed by atoms with van der Waals surface area (Å²) in [6, 6.07) is 0. The minimum absolute atomic E-state index is 0. The summed E-state index contributed by atoms with van der Waals surface area (Å²) in [4.78, 5) is 0. The number of alkyl halides is 3. The molecule has 8 heteroatoms. The van der Waals surface area contributed by atoms with Crippen molar-refractivity contribution in [2.75, 3.05) is 6.61 Å². The fourth-order valence-corrected chi connectivity index (χ4v) is 0.614. The molecule has 0 fully saturated rings. The Hall–Kier alpha value is 0.102. The zero-order valence-corrected chi connectivity index (χ0v) is 7.95. The van der Waals surface area contributed by atoms with Crippen LogP contribution in [0.5, 0.6) is 0 Å². The van der Waals surface area contributed by atoms with Gasteiger partial charge in [-0.2, -0.15) is 21.6 Å². The van der Waals surface area contributed by atoms with Crippen LogP contribution in [0.15, 0.2) is 12.7 Å². The molecule has 0 bridgehead atoms. The second-order valence-electron chi connectivity index (χ2n) is 1.47. The summed E-state index contributed by atoms with van der Waals surface area (Å²) >= 11 is 0. The predicted molar refractivity (Wildman–Crippen MR) is 31.1 cm³/mol. The van der Waals surface area contributed by atoms with Gasteiger partial charge < -0.3 is 0 Å². The van der Waals surface area contributed by atoms with Gasteiger partial charge in [-0.15, -0.1) is 6.58 Å². The van der Waals surface area contributed by atoms with Crippen LogP contribution in [0.4, 0.5) is 13.2 Å². The van der Waals surface area contributed by atoms with Gasteiger partial charge in [0.15, 0.2) is 0 Å². The Morgan fingerprint density at radius 3 is 2.08 bits per heavy atom. The summed E-state index contributed by atoms with van der Waals surface area (Å²) in [5.74, 6) is 0. The number of hydrogen-bond donors (Lipinski definition) is 0. The van der Waals surface area contributed by atoms with Crippen molar-refractivity contribution in [2.45, 2.75) is 5.51 Å². The summed E-state index contributed by atoms with van der Waals surface area (Å²) in [5.41, 5.74) is -5.35. The topological polar surface area (TPSA) is 43.4 Å². The Morgan fingerprint density at radius 2 is 1.83 bits per heavy atom. The van der Waals surface area contributed by atoms with Crippen molar-refractivity contribution in [3.8, 4) is 0 Å². The third-order valence-corrected chi connectivity index (χ3v) is 1.64. The monoisotopic (exact) mass is 296 g/mol. The second-order valence-corrected chi connectivity index (χ2v) is 3.08. The maximum atomic E-state index is 11.4. The average Bonchev–Trinajstić information content (AvgIpc) is 1.81. The third kappa shape index (κ3) is 4.21. The van der Waals surface area contributed by atoms with Crippen LogP contribution in [0.3, 0.4) is 0 Å². The van der Waals surface area contributed by atoms with Crippen molar-refractivity contribution in [1.29, 1.82) is 0 Å². The van der Waals surface area contributed by atoms with Crippen molar-refractivity contribution in [2.24, 2.45) is 0 Å². The summed E-state index contributed by atoms with van der Waals surface area (Å²) in [6.45, 7) is 2.31. The molecular weight excluding hydrogens is 292 g/mol. The van der Waals surface area contributed by atoms with Crippen molar-refractivity contribution in [3.63, 3.8) is 0 Å². The molecule has 0 aliphatic carbocycles. The minimum atomic E-state index is -5.43. The molecule has 0 amide bonds. The van der Waals surface area contributed by atoms with Crippen LogP contribution in [0.1, 0.15) is 0 Å². The first-order chi connectivity index (χ1) is 4.81. The minimum Gasteiger partial charge on any atom is -0.259 e. The number of halogens is 3. The summed E-state index contributed by atoms with van der Waals surface area (Å²) in [6.07, 6.45) is 0.906. The van der Waals surface area contributed by atoms with E-state index in [4.69, 9.17) is 0 Å². The largest absolute Gasteiger partial charge is 2.00 e. The molecule has 0 spiro atoms. The molecule has 0 unspecified atom stereocenters. The first-order valence-electron chi connectivity index (χ1n) is 2.38. The fourth-order valence-electron chi connectivity index (χ4n) is 0.205. The van der Waals surface area contributed by atoms with E-state index in [0.717, 1.165) is 6.08 Å². The molecule has 3 nitrogen and oxygen atoms in total. The Balaban J connectivity index is 0. The van der Waals surface area contributed by atoms with Crippen molar-refractivity contribution in [1.82, 2.24) is 0 Å². The van der Waals surface area contributed by atoms with Crippen molar-refractivity contribution in [3.05, 3.63) is 12.7 Å². The van der Waals surface area contributed by atoms with Crippen LogP contribution in [0.25, 0.3) is 0 Å². The van der Waals surface area contributed by atoms with Gasteiger partial charge in [-0.3, -0.25) is 4.18 Å². The van der Waals surface area contributed by atoms with Gasteiger partial charge in [0.1, 0.15) is 0 Å². The standard InChI is InChI=1S/C4H5F3O3S.Pd/c1-2-3-10-11(8,9)4(5,6)7;/h2H,1,3H2;/q;+2. The van der Waals surface area contributed by atoms with Crippen LogP contribution in [0.2, 0.25) is 0 Å². The van der Waals surface area contributed by atoms with Gasteiger partial charge in [0.25, 0.3) is 0 Å². The number of rotatable bonds is 3. The van der Waals surface area contributed by atoms with E-state index in [9.17, 15) is 21.6 Å². The summed E-state index contributed by atoms with van der Waals surface area (Å²) in [5, 5.41) is 0. The quantitative estimate of drug-likeness (QED) is 0.338. The van der Waals surface area contributed by atoms with E-state index in [1.54, 1.807) is 0 Å². The molecule has 12 heavy (non-hydrogen) atoms. The van der Waals surface area contributed by atoms with Gasteiger partial charge in [-0.05, 0) is 0 Å². The molecule has 0 aliphatic heterocycles. The van der Waals surface area contributed by atoms with E-state index >= 15 is 0 Å². The molecule has 0 aromatic rings. The molecule has 0 aromatic heterocycles. The van der Waals surface area contributed by atoms with Crippen LogP contribution < -0.4 is 0 Å². The molecule has 0 aliphatic rings. The second kappa shape index (κ2) is 4.97. The van der Waals surface area contributed by atoms with E-state index in [0.29, 0.717) is 0 Å². The molecule has 0 saturated carbocycles. The zero-order valence-electron chi connectivity index (χ0n) is 5.57. The van der Waals surface area contributed by atoms with Crippen LogP contribution in [-0.4, -0.2) is 20.5 Å². The first kappa shape index (κ1) is 14.6. The SMILES string of the molecule is C=CCOS(=O)(=O)C(F)(F)F.[Pd+2]. The molecular formula is C4H5F3O3PdS+2. The Labute approximate surface area is 81.4 Å². The average molecular weight is 297 g/mol. The van der Waals surface area contributed by atoms with Gasteiger partial charge in [0.2, 0.25) is 0 Å². The maximum absolute atomic E-state index is 11.4. The van der Waals surface area contributed by atoms with Gasteiger partial charge in [0, 0.05) is 0 Å². The molecule has 0 saturated heterocycles. The first-order valence-corrected chi connectivity index (χ1v) is 3.78. The number of hydrogen-bond acceptors (Lipinski definition) is 3. The van der Waals surface area contributed by atoms with E-state index < -0.39 is 22.2 Å². The molecule has 0 atom stereocenters. The molecule has 0 radical (unpaired) electrons. The van der Waals surface area contributed by atoms with Crippen LogP contribution in [0, 0.1) is 0 Å². The molecule has 0 heterocycles. The third-order valence-electron chi connectivity index (χ3n) is 0.625. The fraction of sp³-hybridized carbons (Fsp3) is 0.500. The summed E-state index contributed by atoms with van der Waals surface area (Å²) in [7, 11) is -5.43. The van der Waals surface area contributed by atoms with E-state index in [-0.39, 0.29) is 20.4 Å². The van der Waals surface area contributed by atoms with Crippen LogP contribution in [-0.2, 0) is 34.7 Å². The van der Waals surface area contributed by atoms with E-state index in [1.807, 2.05) is 0 Å². The molecule has 74 valence electrons. The van der Waals surface area contributed by atoms with Crippen LogP contribution >= 0.6 is 0 Å². The Bertz CT molecular complexity index is 232. The van der Waals surface area contributed by atoms with E-state index in [1.165, 1.54) is 0 Å².